The minimum absolute atomic E-state index is 0. The molecule has 2 aromatic rings. The number of ether oxygens (including phenoxy) is 1. The van der Waals surface area contributed by atoms with E-state index in [1.807, 2.05) is 26.1 Å². The van der Waals surface area contributed by atoms with Crippen molar-refractivity contribution in [3.63, 3.8) is 0 Å². The lowest BCUT2D eigenvalue weighted by Crippen LogP contribution is -2.39. The maximum atomic E-state index is 5.44. The average molecular weight is 502 g/mol. The van der Waals surface area contributed by atoms with Crippen LogP contribution in [-0.4, -0.2) is 49.3 Å². The lowest BCUT2D eigenvalue weighted by Gasteiger charge is -2.29. The van der Waals surface area contributed by atoms with Crippen LogP contribution >= 0.6 is 35.3 Å². The van der Waals surface area contributed by atoms with Gasteiger partial charge in [0, 0.05) is 43.3 Å². The molecule has 0 amide bonds. The maximum Gasteiger partial charge on any atom is 0.191 e. The highest BCUT2D eigenvalue weighted by Gasteiger charge is 2.16. The zero-order valence-corrected chi connectivity index (χ0v) is 19.1. The van der Waals surface area contributed by atoms with Crippen molar-refractivity contribution in [1.82, 2.24) is 20.6 Å². The van der Waals surface area contributed by atoms with E-state index < -0.39 is 0 Å². The molecule has 27 heavy (non-hydrogen) atoms. The molecule has 0 atom stereocenters. The highest BCUT2D eigenvalue weighted by Crippen LogP contribution is 2.18. The summed E-state index contributed by atoms with van der Waals surface area (Å²) in [6, 6.07) is 4.08. The summed E-state index contributed by atoms with van der Waals surface area (Å²) in [6.45, 7) is 8.72. The van der Waals surface area contributed by atoms with Crippen LogP contribution < -0.4 is 15.5 Å². The second-order valence-electron chi connectivity index (χ2n) is 6.11. The van der Waals surface area contributed by atoms with Crippen LogP contribution in [0.3, 0.4) is 0 Å². The third kappa shape index (κ3) is 6.01. The van der Waals surface area contributed by atoms with Crippen LogP contribution in [0.1, 0.15) is 21.1 Å². The van der Waals surface area contributed by atoms with Gasteiger partial charge in [0.05, 0.1) is 30.5 Å². The van der Waals surface area contributed by atoms with E-state index in [-0.39, 0.29) is 24.0 Å². The van der Waals surface area contributed by atoms with Crippen molar-refractivity contribution in [2.75, 3.05) is 38.3 Å². The van der Waals surface area contributed by atoms with Gasteiger partial charge < -0.3 is 20.3 Å². The van der Waals surface area contributed by atoms with E-state index >= 15 is 0 Å². The molecule has 0 bridgehead atoms. The molecule has 3 rings (SSSR count). The lowest BCUT2D eigenvalue weighted by molar-refractivity contribution is 0.122. The zero-order chi connectivity index (χ0) is 18.4. The van der Waals surface area contributed by atoms with Crippen LogP contribution in [-0.2, 0) is 17.8 Å². The number of morpholine rings is 1. The van der Waals surface area contributed by atoms with Gasteiger partial charge in [0.25, 0.3) is 0 Å². The molecule has 1 aliphatic heterocycles. The Bertz CT molecular complexity index is 760. The second kappa shape index (κ2) is 10.8. The fourth-order valence-electron chi connectivity index (χ4n) is 2.93. The molecule has 2 N–H and O–H groups in total. The summed E-state index contributed by atoms with van der Waals surface area (Å²) < 4.78 is 5.44. The molecule has 7 nitrogen and oxygen atoms in total. The number of pyridine rings is 1. The molecule has 0 spiro atoms. The summed E-state index contributed by atoms with van der Waals surface area (Å²) in [5.74, 6) is 1.79. The van der Waals surface area contributed by atoms with Crippen LogP contribution in [0.2, 0.25) is 0 Å². The highest BCUT2D eigenvalue weighted by molar-refractivity contribution is 14.0. The summed E-state index contributed by atoms with van der Waals surface area (Å²) in [6.07, 6.45) is 1.84. The van der Waals surface area contributed by atoms with Crippen molar-refractivity contribution in [3.05, 3.63) is 39.5 Å². The molecule has 9 heteroatoms. The number of aliphatic imine (C=N–C) groups is 1. The quantitative estimate of drug-likeness (QED) is 0.372. The Morgan fingerprint density at radius 1 is 1.26 bits per heavy atom. The molecule has 1 fully saturated rings. The lowest BCUT2D eigenvalue weighted by atomic mass is 10.2. The van der Waals surface area contributed by atoms with E-state index in [0.29, 0.717) is 6.54 Å². The van der Waals surface area contributed by atoms with E-state index in [2.05, 4.69) is 36.6 Å². The van der Waals surface area contributed by atoms with Gasteiger partial charge in [-0.05, 0) is 19.9 Å². The maximum absolute atomic E-state index is 5.44. The van der Waals surface area contributed by atoms with Gasteiger partial charge in [-0.3, -0.25) is 4.99 Å². The van der Waals surface area contributed by atoms with Crippen LogP contribution in [0.15, 0.2) is 23.3 Å². The Kier molecular flexibility index (Phi) is 8.71. The summed E-state index contributed by atoms with van der Waals surface area (Å²) in [5, 5.41) is 7.84. The standard InChI is InChI=1S/C18H26N6OS.HI/c1-13-16(26-14(2)23-13)12-22-18(19-3)21-11-15-5-4-6-20-17(15)24-7-9-25-10-8-24;/h4-6H,7-12H2,1-3H3,(H2,19,21,22);1H. The fourth-order valence-corrected chi connectivity index (χ4v) is 3.81. The van der Waals surface area contributed by atoms with Gasteiger partial charge in [-0.25, -0.2) is 9.97 Å². The van der Waals surface area contributed by atoms with Crippen molar-refractivity contribution in [2.45, 2.75) is 26.9 Å². The van der Waals surface area contributed by atoms with Crippen LogP contribution in [0.5, 0.6) is 0 Å². The molecule has 0 aromatic carbocycles. The monoisotopic (exact) mass is 502 g/mol. The smallest absolute Gasteiger partial charge is 0.191 e. The summed E-state index contributed by atoms with van der Waals surface area (Å²) >= 11 is 1.72. The van der Waals surface area contributed by atoms with Gasteiger partial charge in [-0.1, -0.05) is 6.07 Å². The first kappa shape index (κ1) is 21.8. The number of nitrogens with one attached hydrogen (secondary N) is 2. The topological polar surface area (TPSA) is 74.7 Å². The number of aryl methyl sites for hydroxylation is 2. The molecule has 148 valence electrons. The number of hydrogen-bond acceptors (Lipinski definition) is 6. The van der Waals surface area contributed by atoms with Crippen molar-refractivity contribution in [1.29, 1.82) is 0 Å². The average Bonchev–Trinajstić information content (AvgIpc) is 3.00. The number of halogens is 1. The third-order valence-electron chi connectivity index (χ3n) is 4.26. The Hall–Kier alpha value is -1.46. The Morgan fingerprint density at radius 3 is 2.67 bits per heavy atom. The fraction of sp³-hybridized carbons (Fsp3) is 0.500. The Balaban J connectivity index is 0.00000261. The zero-order valence-electron chi connectivity index (χ0n) is 16.0. The molecule has 3 heterocycles. The second-order valence-corrected chi connectivity index (χ2v) is 7.39. The molecular weight excluding hydrogens is 475 g/mol. The normalized spacial score (nSPS) is 14.6. The van der Waals surface area contributed by atoms with E-state index in [1.54, 1.807) is 18.4 Å². The van der Waals surface area contributed by atoms with E-state index in [4.69, 9.17) is 4.74 Å². The number of rotatable bonds is 5. The molecule has 2 aromatic heterocycles. The Labute approximate surface area is 181 Å². The molecule has 0 unspecified atom stereocenters. The molecule has 1 aliphatic rings. The third-order valence-corrected chi connectivity index (χ3v) is 5.34. The first-order valence-electron chi connectivity index (χ1n) is 8.81. The molecule has 0 aliphatic carbocycles. The van der Waals surface area contributed by atoms with Gasteiger partial charge in [-0.2, -0.15) is 0 Å². The first-order valence-corrected chi connectivity index (χ1v) is 9.63. The predicted octanol–water partition coefficient (Wildman–Crippen LogP) is 2.47. The summed E-state index contributed by atoms with van der Waals surface area (Å²) in [4.78, 5) is 16.9. The van der Waals surface area contributed by atoms with Crippen LogP contribution in [0, 0.1) is 13.8 Å². The number of aromatic nitrogens is 2. The van der Waals surface area contributed by atoms with E-state index in [1.165, 1.54) is 4.88 Å². The first-order chi connectivity index (χ1) is 12.7. The summed E-state index contributed by atoms with van der Waals surface area (Å²) in [5.41, 5.74) is 2.24. The molecule has 0 radical (unpaired) electrons. The minimum Gasteiger partial charge on any atom is -0.378 e. The molecule has 0 saturated carbocycles. The Morgan fingerprint density at radius 2 is 2.00 bits per heavy atom. The minimum atomic E-state index is 0. The van der Waals surface area contributed by atoms with E-state index in [9.17, 15) is 0 Å². The van der Waals surface area contributed by atoms with Crippen LogP contribution in [0.4, 0.5) is 5.82 Å². The SMILES string of the molecule is CN=C(NCc1cccnc1N1CCOCC1)NCc1sc(C)nc1C.I. The number of hydrogen-bond donors (Lipinski definition) is 2. The van der Waals surface area contributed by atoms with Crippen molar-refractivity contribution in [3.8, 4) is 0 Å². The van der Waals surface area contributed by atoms with Crippen LogP contribution in [0.25, 0.3) is 0 Å². The van der Waals surface area contributed by atoms with Crippen molar-refractivity contribution < 1.29 is 4.74 Å². The van der Waals surface area contributed by atoms with Gasteiger partial charge in [-0.15, -0.1) is 35.3 Å². The van der Waals surface area contributed by atoms with Crippen molar-refractivity contribution in [2.24, 2.45) is 4.99 Å². The highest BCUT2D eigenvalue weighted by atomic mass is 127. The summed E-state index contributed by atoms with van der Waals surface area (Å²) in [7, 11) is 1.78. The van der Waals surface area contributed by atoms with Gasteiger partial charge in [0.2, 0.25) is 0 Å². The van der Waals surface area contributed by atoms with Gasteiger partial charge >= 0.3 is 0 Å². The molecular formula is C18H27IN6OS. The number of anilines is 1. The largest absolute Gasteiger partial charge is 0.378 e. The number of guanidine groups is 1. The number of nitrogens with zero attached hydrogens (tertiary/aromatic N) is 4. The predicted molar refractivity (Wildman–Crippen MR) is 121 cm³/mol. The number of thiazole rings is 1. The van der Waals surface area contributed by atoms with Gasteiger partial charge in [0.15, 0.2) is 5.96 Å². The molecule has 1 saturated heterocycles. The van der Waals surface area contributed by atoms with E-state index in [0.717, 1.165) is 60.9 Å². The van der Waals surface area contributed by atoms with Gasteiger partial charge in [0.1, 0.15) is 5.82 Å². The van der Waals surface area contributed by atoms with Crippen molar-refractivity contribution >= 4 is 47.1 Å².